The monoisotopic (exact) mass is 437 g/mol. The van der Waals surface area contributed by atoms with E-state index in [1.54, 1.807) is 19.1 Å². The molecule has 0 aliphatic carbocycles. The first kappa shape index (κ1) is 20.8. The zero-order chi connectivity index (χ0) is 22.1. The van der Waals surface area contributed by atoms with E-state index in [1.165, 1.54) is 0 Å². The fourth-order valence-corrected chi connectivity index (χ4v) is 4.33. The molecule has 168 valence electrons. The van der Waals surface area contributed by atoms with E-state index in [0.717, 1.165) is 37.3 Å². The lowest BCUT2D eigenvalue weighted by Crippen LogP contribution is -2.37. The molecule has 0 bridgehead atoms. The van der Waals surface area contributed by atoms with Gasteiger partial charge < -0.3 is 23.4 Å². The zero-order valence-corrected chi connectivity index (χ0v) is 18.4. The van der Waals surface area contributed by atoms with Crippen LogP contribution in [-0.4, -0.2) is 37.5 Å². The van der Waals surface area contributed by atoms with Gasteiger partial charge in [-0.05, 0) is 51.0 Å². The summed E-state index contributed by atoms with van der Waals surface area (Å²) in [6.45, 7) is 6.91. The maximum absolute atomic E-state index is 13.4. The van der Waals surface area contributed by atoms with Crippen molar-refractivity contribution in [1.82, 2.24) is 4.90 Å². The van der Waals surface area contributed by atoms with Crippen molar-refractivity contribution in [3.8, 4) is 23.0 Å². The predicted octanol–water partition coefficient (Wildman–Crippen LogP) is 4.62. The summed E-state index contributed by atoms with van der Waals surface area (Å²) < 4.78 is 29.5. The Morgan fingerprint density at radius 3 is 2.78 bits per heavy atom. The van der Waals surface area contributed by atoms with Crippen LogP contribution in [0, 0.1) is 6.92 Å². The van der Waals surface area contributed by atoms with Gasteiger partial charge >= 0.3 is 0 Å². The molecule has 3 heterocycles. The Morgan fingerprint density at radius 1 is 1.16 bits per heavy atom. The molecule has 7 heteroatoms. The highest BCUT2D eigenvalue weighted by Gasteiger charge is 2.27. The van der Waals surface area contributed by atoms with Gasteiger partial charge in [-0.2, -0.15) is 0 Å². The molecule has 1 aromatic heterocycles. The van der Waals surface area contributed by atoms with E-state index < -0.39 is 0 Å². The summed E-state index contributed by atoms with van der Waals surface area (Å²) >= 11 is 0. The summed E-state index contributed by atoms with van der Waals surface area (Å²) in [5.74, 6) is 2.39. The van der Waals surface area contributed by atoms with Crippen molar-refractivity contribution in [3.63, 3.8) is 0 Å². The molecule has 0 radical (unpaired) electrons. The molecule has 2 aliphatic heterocycles. The number of para-hydroxylation sites is 2. The molecule has 1 atom stereocenters. The van der Waals surface area contributed by atoms with Crippen LogP contribution < -0.4 is 19.6 Å². The third kappa shape index (κ3) is 3.94. The van der Waals surface area contributed by atoms with Gasteiger partial charge in [0.1, 0.15) is 23.8 Å². The molecule has 1 fully saturated rings. The highest BCUT2D eigenvalue weighted by Crippen LogP contribution is 2.36. The van der Waals surface area contributed by atoms with E-state index in [1.807, 2.05) is 31.2 Å². The molecule has 0 amide bonds. The Morgan fingerprint density at radius 2 is 2.00 bits per heavy atom. The number of aryl methyl sites for hydroxylation is 1. The number of rotatable bonds is 6. The van der Waals surface area contributed by atoms with E-state index in [9.17, 15) is 4.79 Å². The molecule has 0 saturated carbocycles. The van der Waals surface area contributed by atoms with E-state index >= 15 is 0 Å². The van der Waals surface area contributed by atoms with Crippen molar-refractivity contribution in [1.29, 1.82) is 0 Å². The second-order valence-corrected chi connectivity index (χ2v) is 8.14. The minimum atomic E-state index is -0.214. The van der Waals surface area contributed by atoms with Gasteiger partial charge in [0.2, 0.25) is 11.2 Å². The quantitative estimate of drug-likeness (QED) is 0.557. The van der Waals surface area contributed by atoms with Crippen LogP contribution in [0.25, 0.3) is 11.0 Å². The number of benzene rings is 2. The van der Waals surface area contributed by atoms with Gasteiger partial charge in [-0.15, -0.1) is 0 Å². The first-order chi connectivity index (χ1) is 15.6. The van der Waals surface area contributed by atoms with Crippen molar-refractivity contribution >= 4 is 11.0 Å². The molecular formula is C25H27NO6. The third-order valence-electron chi connectivity index (χ3n) is 5.87. The molecule has 0 spiro atoms. The van der Waals surface area contributed by atoms with Crippen molar-refractivity contribution in [3.05, 3.63) is 57.9 Å². The van der Waals surface area contributed by atoms with Crippen LogP contribution in [0.5, 0.6) is 23.0 Å². The molecule has 7 nitrogen and oxygen atoms in total. The van der Waals surface area contributed by atoms with Crippen LogP contribution in [0.4, 0.5) is 0 Å². The number of hydrogen-bond acceptors (Lipinski definition) is 7. The summed E-state index contributed by atoms with van der Waals surface area (Å²) in [5, 5.41) is 0.473. The summed E-state index contributed by atoms with van der Waals surface area (Å²) in [6.07, 6.45) is 2.40. The van der Waals surface area contributed by atoms with E-state index in [0.29, 0.717) is 48.1 Å². The Kier molecular flexibility index (Phi) is 5.76. The summed E-state index contributed by atoms with van der Waals surface area (Å²) in [6, 6.07) is 10.9. The molecular weight excluding hydrogens is 410 g/mol. The van der Waals surface area contributed by atoms with Crippen LogP contribution in [0.15, 0.2) is 45.6 Å². The Labute approximate surface area is 186 Å². The van der Waals surface area contributed by atoms with Crippen LogP contribution >= 0.6 is 0 Å². The van der Waals surface area contributed by atoms with E-state index in [-0.39, 0.29) is 17.3 Å². The van der Waals surface area contributed by atoms with E-state index in [2.05, 4.69) is 4.90 Å². The molecule has 1 saturated heterocycles. The summed E-state index contributed by atoms with van der Waals surface area (Å²) in [5.41, 5.74) is 1.22. The minimum Gasteiger partial charge on any atom is -0.490 e. The van der Waals surface area contributed by atoms with Crippen molar-refractivity contribution in [2.45, 2.75) is 39.3 Å². The first-order valence-electron chi connectivity index (χ1n) is 11.1. The Bertz CT molecular complexity index is 1180. The zero-order valence-electron chi connectivity index (χ0n) is 18.4. The smallest absolute Gasteiger partial charge is 0.235 e. The molecule has 0 N–H and O–H groups in total. The standard InChI is InChI=1S/C25H27NO6/c1-3-28-21-8-4-5-9-22(21)32-24-16(2)31-25-18(23(24)27)10-11-20-19(25)14-26(15-30-20)13-17-7-6-12-29-17/h4-5,8-11,17H,3,6-7,12-15H2,1-2H3. The molecule has 2 aromatic carbocycles. The van der Waals surface area contributed by atoms with Crippen LogP contribution in [0.1, 0.15) is 31.1 Å². The summed E-state index contributed by atoms with van der Waals surface area (Å²) in [4.78, 5) is 15.6. The van der Waals surface area contributed by atoms with Gasteiger partial charge in [0.15, 0.2) is 11.5 Å². The number of nitrogens with zero attached hydrogens (tertiary/aromatic N) is 1. The average Bonchev–Trinajstić information content (AvgIpc) is 3.31. The molecule has 3 aromatic rings. The van der Waals surface area contributed by atoms with Crippen LogP contribution in [-0.2, 0) is 11.3 Å². The van der Waals surface area contributed by atoms with Crippen molar-refractivity contribution < 1.29 is 23.4 Å². The number of ether oxygens (including phenoxy) is 4. The molecule has 5 rings (SSSR count). The lowest BCUT2D eigenvalue weighted by atomic mass is 10.1. The lowest BCUT2D eigenvalue weighted by molar-refractivity contribution is 0.0281. The number of hydrogen-bond donors (Lipinski definition) is 0. The van der Waals surface area contributed by atoms with Gasteiger partial charge in [0.05, 0.1) is 23.7 Å². The van der Waals surface area contributed by atoms with Gasteiger partial charge in [-0.3, -0.25) is 9.69 Å². The maximum atomic E-state index is 13.4. The normalized spacial score (nSPS) is 18.4. The van der Waals surface area contributed by atoms with Crippen LogP contribution in [0.3, 0.4) is 0 Å². The highest BCUT2D eigenvalue weighted by molar-refractivity contribution is 5.83. The third-order valence-corrected chi connectivity index (χ3v) is 5.87. The number of fused-ring (bicyclic) bond motifs is 3. The lowest BCUT2D eigenvalue weighted by Gasteiger charge is -2.30. The Hall–Kier alpha value is -3.03. The van der Waals surface area contributed by atoms with Crippen molar-refractivity contribution in [2.24, 2.45) is 0 Å². The highest BCUT2D eigenvalue weighted by atomic mass is 16.5. The molecule has 1 unspecified atom stereocenters. The van der Waals surface area contributed by atoms with E-state index in [4.69, 9.17) is 23.4 Å². The summed E-state index contributed by atoms with van der Waals surface area (Å²) in [7, 11) is 0. The first-order valence-corrected chi connectivity index (χ1v) is 11.1. The largest absolute Gasteiger partial charge is 0.490 e. The molecule has 2 aliphatic rings. The minimum absolute atomic E-state index is 0.164. The maximum Gasteiger partial charge on any atom is 0.235 e. The predicted molar refractivity (Wildman–Crippen MR) is 120 cm³/mol. The van der Waals surface area contributed by atoms with Crippen molar-refractivity contribution in [2.75, 3.05) is 26.5 Å². The second-order valence-electron chi connectivity index (χ2n) is 8.14. The fraction of sp³-hybridized carbons (Fsp3) is 0.400. The average molecular weight is 437 g/mol. The second kappa shape index (κ2) is 8.84. The van der Waals surface area contributed by atoms with Gasteiger partial charge in [-0.25, -0.2) is 0 Å². The van der Waals surface area contributed by atoms with Gasteiger partial charge in [0, 0.05) is 19.7 Å². The SMILES string of the molecule is CCOc1ccccc1Oc1c(C)oc2c3c(ccc2c1=O)OCN(CC1CCCO1)C3. The molecule has 32 heavy (non-hydrogen) atoms. The Balaban J connectivity index is 1.49. The van der Waals surface area contributed by atoms with Gasteiger partial charge in [-0.1, -0.05) is 12.1 Å². The fourth-order valence-electron chi connectivity index (χ4n) is 4.33. The topological polar surface area (TPSA) is 70.4 Å². The van der Waals surface area contributed by atoms with Crippen LogP contribution in [0.2, 0.25) is 0 Å². The van der Waals surface area contributed by atoms with Gasteiger partial charge in [0.25, 0.3) is 0 Å².